The smallest absolute Gasteiger partial charge is 0.0746 e. The van der Waals surface area contributed by atoms with Gasteiger partial charge in [-0.15, -0.1) is 23.5 Å². The minimum absolute atomic E-state index is 0.182. The van der Waals surface area contributed by atoms with E-state index in [1.807, 2.05) is 5.41 Å². The Balaban J connectivity index is 2.31. The third-order valence-electron chi connectivity index (χ3n) is 0.939. The molecule has 0 aromatic carbocycles. The van der Waals surface area contributed by atoms with Crippen molar-refractivity contribution in [2.24, 2.45) is 0 Å². The Bertz CT molecular complexity index is 123. The van der Waals surface area contributed by atoms with Crippen molar-refractivity contribution in [3.63, 3.8) is 0 Å². The highest BCUT2D eigenvalue weighted by molar-refractivity contribution is 8.23. The lowest BCUT2D eigenvalue weighted by molar-refractivity contribution is 0.340. The SMILES string of the molecule is OCC1=CSC(CS)S1. The molecule has 1 atom stereocenters. The van der Waals surface area contributed by atoms with Gasteiger partial charge in [0.2, 0.25) is 0 Å². The fourth-order valence-corrected chi connectivity index (χ4v) is 3.11. The molecular formula is C5H8OS3. The Morgan fingerprint density at radius 1 is 1.78 bits per heavy atom. The van der Waals surface area contributed by atoms with Crippen molar-refractivity contribution < 1.29 is 5.11 Å². The zero-order valence-corrected chi connectivity index (χ0v) is 7.31. The lowest BCUT2D eigenvalue weighted by Crippen LogP contribution is -1.92. The first-order valence-electron chi connectivity index (χ1n) is 2.59. The molecular weight excluding hydrogens is 172 g/mol. The molecule has 4 heteroatoms. The maximum Gasteiger partial charge on any atom is 0.0746 e. The van der Waals surface area contributed by atoms with Crippen molar-refractivity contribution in [3.8, 4) is 0 Å². The molecule has 0 fully saturated rings. The highest BCUT2D eigenvalue weighted by Crippen LogP contribution is 2.39. The molecule has 0 saturated carbocycles. The van der Waals surface area contributed by atoms with Crippen LogP contribution in [-0.2, 0) is 0 Å². The van der Waals surface area contributed by atoms with E-state index in [0.29, 0.717) is 4.58 Å². The number of aliphatic hydroxyl groups excluding tert-OH is 1. The average molecular weight is 180 g/mol. The lowest BCUT2D eigenvalue weighted by atomic mass is 10.7. The van der Waals surface area contributed by atoms with Crippen molar-refractivity contribution in [2.45, 2.75) is 4.58 Å². The van der Waals surface area contributed by atoms with Crippen molar-refractivity contribution in [2.75, 3.05) is 12.4 Å². The monoisotopic (exact) mass is 180 g/mol. The van der Waals surface area contributed by atoms with Gasteiger partial charge in [0.1, 0.15) is 0 Å². The first-order valence-corrected chi connectivity index (χ1v) is 5.05. The topological polar surface area (TPSA) is 20.2 Å². The second-order valence-electron chi connectivity index (χ2n) is 1.61. The summed E-state index contributed by atoms with van der Waals surface area (Å²) in [6, 6.07) is 0. The maximum absolute atomic E-state index is 8.65. The number of hydrogen-bond acceptors (Lipinski definition) is 4. The fraction of sp³-hybridized carbons (Fsp3) is 0.600. The summed E-state index contributed by atoms with van der Waals surface area (Å²) >= 11 is 7.59. The fourth-order valence-electron chi connectivity index (χ4n) is 0.531. The zero-order valence-electron chi connectivity index (χ0n) is 4.78. The van der Waals surface area contributed by atoms with Crippen LogP contribution in [0.3, 0.4) is 0 Å². The minimum atomic E-state index is 0.182. The molecule has 0 amide bonds. The van der Waals surface area contributed by atoms with Gasteiger partial charge in [-0.05, 0) is 5.41 Å². The number of aliphatic hydroxyl groups is 1. The third-order valence-corrected chi connectivity index (χ3v) is 4.44. The van der Waals surface area contributed by atoms with Crippen LogP contribution in [0.2, 0.25) is 0 Å². The number of thioether (sulfide) groups is 2. The van der Waals surface area contributed by atoms with Crippen LogP contribution in [0.5, 0.6) is 0 Å². The van der Waals surface area contributed by atoms with Crippen LogP contribution in [-0.4, -0.2) is 22.0 Å². The molecule has 52 valence electrons. The van der Waals surface area contributed by atoms with Gasteiger partial charge in [-0.1, -0.05) is 0 Å². The van der Waals surface area contributed by atoms with E-state index in [9.17, 15) is 0 Å². The number of rotatable bonds is 2. The molecule has 1 nitrogen and oxygen atoms in total. The van der Waals surface area contributed by atoms with E-state index in [0.717, 1.165) is 10.7 Å². The molecule has 0 aliphatic carbocycles. The summed E-state index contributed by atoms with van der Waals surface area (Å²) < 4.78 is 0.524. The molecule has 0 bridgehead atoms. The van der Waals surface area contributed by atoms with Gasteiger partial charge in [0.15, 0.2) is 0 Å². The number of thiol groups is 1. The second-order valence-corrected chi connectivity index (χ2v) is 4.68. The van der Waals surface area contributed by atoms with Gasteiger partial charge in [-0.3, -0.25) is 0 Å². The van der Waals surface area contributed by atoms with Gasteiger partial charge < -0.3 is 5.11 Å². The quantitative estimate of drug-likeness (QED) is 0.629. The van der Waals surface area contributed by atoms with E-state index in [-0.39, 0.29) is 6.61 Å². The van der Waals surface area contributed by atoms with Crippen molar-refractivity contribution in [3.05, 3.63) is 10.3 Å². The summed E-state index contributed by atoms with van der Waals surface area (Å²) in [4.78, 5) is 1.07. The van der Waals surface area contributed by atoms with Crippen LogP contribution in [0.4, 0.5) is 0 Å². The van der Waals surface area contributed by atoms with E-state index in [1.165, 1.54) is 0 Å². The van der Waals surface area contributed by atoms with Crippen LogP contribution >= 0.6 is 36.2 Å². The molecule has 1 rings (SSSR count). The molecule has 1 aliphatic heterocycles. The Labute approximate surface area is 68.7 Å². The van der Waals surface area contributed by atoms with Gasteiger partial charge >= 0.3 is 0 Å². The van der Waals surface area contributed by atoms with E-state index >= 15 is 0 Å². The first kappa shape index (κ1) is 7.85. The van der Waals surface area contributed by atoms with Crippen LogP contribution in [0.1, 0.15) is 0 Å². The summed E-state index contributed by atoms with van der Waals surface area (Å²) in [6.45, 7) is 0.182. The molecule has 1 unspecified atom stereocenters. The highest BCUT2D eigenvalue weighted by Gasteiger charge is 2.15. The van der Waals surface area contributed by atoms with E-state index < -0.39 is 0 Å². The predicted octanol–water partition coefficient (Wildman–Crippen LogP) is 1.56. The number of hydrogen-bond donors (Lipinski definition) is 2. The van der Waals surface area contributed by atoms with Crippen LogP contribution in [0.25, 0.3) is 0 Å². The van der Waals surface area contributed by atoms with Crippen molar-refractivity contribution in [1.82, 2.24) is 0 Å². The Kier molecular flexibility index (Phi) is 3.32. The summed E-state index contributed by atoms with van der Waals surface area (Å²) in [6.07, 6.45) is 0. The van der Waals surface area contributed by atoms with Gasteiger partial charge in [0.05, 0.1) is 11.2 Å². The molecule has 1 aliphatic rings. The first-order chi connectivity index (χ1) is 4.36. The molecule has 0 radical (unpaired) electrons. The van der Waals surface area contributed by atoms with Gasteiger partial charge in [0, 0.05) is 10.7 Å². The Morgan fingerprint density at radius 3 is 2.89 bits per heavy atom. The average Bonchev–Trinajstić information content (AvgIpc) is 2.34. The minimum Gasteiger partial charge on any atom is -0.391 e. The largest absolute Gasteiger partial charge is 0.391 e. The standard InChI is InChI=1S/C5H8OS3/c6-1-4-3-8-5(2-7)9-4/h3,5-7H,1-2H2. The van der Waals surface area contributed by atoms with E-state index in [4.69, 9.17) is 5.11 Å². The molecule has 0 saturated heterocycles. The molecule has 9 heavy (non-hydrogen) atoms. The Morgan fingerprint density at radius 2 is 2.56 bits per heavy atom. The summed E-state index contributed by atoms with van der Waals surface area (Å²) in [7, 11) is 0. The van der Waals surface area contributed by atoms with Gasteiger partial charge in [-0.2, -0.15) is 12.6 Å². The molecule has 1 N–H and O–H groups in total. The van der Waals surface area contributed by atoms with Crippen LogP contribution < -0.4 is 0 Å². The van der Waals surface area contributed by atoms with Crippen molar-refractivity contribution >= 4 is 36.2 Å². The molecule has 0 aromatic heterocycles. The van der Waals surface area contributed by atoms with Crippen LogP contribution in [0, 0.1) is 0 Å². The summed E-state index contributed by atoms with van der Waals surface area (Å²) in [5.41, 5.74) is 0. The van der Waals surface area contributed by atoms with Gasteiger partial charge in [-0.25, -0.2) is 0 Å². The molecule has 0 spiro atoms. The third kappa shape index (κ3) is 2.11. The van der Waals surface area contributed by atoms with Gasteiger partial charge in [0.25, 0.3) is 0 Å². The molecule has 0 aromatic rings. The highest BCUT2D eigenvalue weighted by atomic mass is 32.2. The summed E-state index contributed by atoms with van der Waals surface area (Å²) in [5, 5.41) is 10.7. The zero-order chi connectivity index (χ0) is 6.69. The maximum atomic E-state index is 8.65. The predicted molar refractivity (Wildman–Crippen MR) is 48.0 cm³/mol. The normalized spacial score (nSPS) is 26.4. The van der Waals surface area contributed by atoms with E-state index in [2.05, 4.69) is 12.6 Å². The molecule has 1 heterocycles. The van der Waals surface area contributed by atoms with Crippen LogP contribution in [0.15, 0.2) is 10.3 Å². The second kappa shape index (κ2) is 3.81. The lowest BCUT2D eigenvalue weighted by Gasteiger charge is -2.01. The van der Waals surface area contributed by atoms with E-state index in [1.54, 1.807) is 23.5 Å². The summed E-state index contributed by atoms with van der Waals surface area (Å²) in [5.74, 6) is 0.870. The van der Waals surface area contributed by atoms with Crippen molar-refractivity contribution in [1.29, 1.82) is 0 Å². The Hall–Kier alpha value is 0.750.